The summed E-state index contributed by atoms with van der Waals surface area (Å²) in [5.74, 6) is -1.17. The van der Waals surface area contributed by atoms with Crippen LogP contribution in [0.4, 0.5) is 10.1 Å². The Hall–Kier alpha value is -2.38. The highest BCUT2D eigenvalue weighted by atomic mass is 35.5. The Morgan fingerprint density at radius 1 is 1.21 bits per heavy atom. The highest BCUT2D eigenvalue weighted by molar-refractivity contribution is 6.34. The molecule has 0 atom stereocenters. The monoisotopic (exact) mass is 274 g/mol. The molecule has 0 radical (unpaired) electrons. The molecule has 0 spiro atoms. The van der Waals surface area contributed by atoms with Crippen molar-refractivity contribution in [2.75, 3.05) is 5.32 Å². The summed E-state index contributed by atoms with van der Waals surface area (Å²) in [7, 11) is 0. The number of nitrogens with zero attached hydrogens (tertiary/aromatic N) is 1. The first-order valence-electron chi connectivity index (χ1n) is 5.38. The van der Waals surface area contributed by atoms with Crippen LogP contribution in [0.5, 0.6) is 0 Å². The third-order valence-corrected chi connectivity index (χ3v) is 2.82. The van der Waals surface area contributed by atoms with Gasteiger partial charge in [0.2, 0.25) is 0 Å². The van der Waals surface area contributed by atoms with Crippen molar-refractivity contribution in [2.45, 2.75) is 0 Å². The molecule has 1 N–H and O–H groups in total. The molecule has 0 unspecified atom stereocenters. The van der Waals surface area contributed by atoms with Crippen LogP contribution in [0.15, 0.2) is 42.5 Å². The van der Waals surface area contributed by atoms with Gasteiger partial charge in [0.1, 0.15) is 17.4 Å². The van der Waals surface area contributed by atoms with Crippen molar-refractivity contribution >= 4 is 23.2 Å². The van der Waals surface area contributed by atoms with E-state index in [1.54, 1.807) is 30.3 Å². The van der Waals surface area contributed by atoms with Crippen LogP contribution >= 0.6 is 11.6 Å². The molecule has 2 rings (SSSR count). The smallest absolute Gasteiger partial charge is 0.257 e. The standard InChI is InChI=1S/C14H8ClFN2O/c15-11-5-2-1-4-9(11)14(19)18-13-7-3-6-12(16)10(13)8-17/h1-7H,(H,18,19). The van der Waals surface area contributed by atoms with Gasteiger partial charge in [-0.25, -0.2) is 4.39 Å². The number of hydrogen-bond donors (Lipinski definition) is 1. The number of nitriles is 1. The van der Waals surface area contributed by atoms with E-state index in [9.17, 15) is 9.18 Å². The van der Waals surface area contributed by atoms with Crippen molar-refractivity contribution in [3.8, 4) is 6.07 Å². The molecule has 0 saturated heterocycles. The molecule has 2 aromatic carbocycles. The third-order valence-electron chi connectivity index (χ3n) is 2.49. The van der Waals surface area contributed by atoms with E-state index in [-0.39, 0.29) is 21.8 Å². The van der Waals surface area contributed by atoms with Gasteiger partial charge >= 0.3 is 0 Å². The fourth-order valence-corrected chi connectivity index (χ4v) is 1.80. The number of anilines is 1. The SMILES string of the molecule is N#Cc1c(F)cccc1NC(=O)c1ccccc1Cl. The quantitative estimate of drug-likeness (QED) is 0.909. The van der Waals surface area contributed by atoms with Crippen LogP contribution in [0, 0.1) is 17.1 Å². The molecule has 2 aromatic rings. The highest BCUT2D eigenvalue weighted by Gasteiger charge is 2.13. The zero-order valence-electron chi connectivity index (χ0n) is 9.65. The molecule has 0 aliphatic rings. The summed E-state index contributed by atoms with van der Waals surface area (Å²) >= 11 is 5.89. The second-order valence-electron chi connectivity index (χ2n) is 3.71. The first kappa shape index (κ1) is 13.1. The fraction of sp³-hybridized carbons (Fsp3) is 0. The molecule has 0 aliphatic heterocycles. The molecule has 0 bridgehead atoms. The predicted octanol–water partition coefficient (Wildman–Crippen LogP) is 3.60. The van der Waals surface area contributed by atoms with Crippen molar-refractivity contribution in [2.24, 2.45) is 0 Å². The van der Waals surface area contributed by atoms with Crippen molar-refractivity contribution in [1.29, 1.82) is 5.26 Å². The number of benzene rings is 2. The van der Waals surface area contributed by atoms with Gasteiger partial charge in [-0.2, -0.15) is 5.26 Å². The number of amides is 1. The van der Waals surface area contributed by atoms with E-state index in [4.69, 9.17) is 16.9 Å². The molecule has 94 valence electrons. The molecule has 0 aromatic heterocycles. The van der Waals surface area contributed by atoms with E-state index >= 15 is 0 Å². The summed E-state index contributed by atoms with van der Waals surface area (Å²) in [6.45, 7) is 0. The molecule has 0 aliphatic carbocycles. The fourth-order valence-electron chi connectivity index (χ4n) is 1.58. The van der Waals surface area contributed by atoms with Crippen LogP contribution in [-0.2, 0) is 0 Å². The second kappa shape index (κ2) is 5.51. The summed E-state index contributed by atoms with van der Waals surface area (Å²) < 4.78 is 13.4. The van der Waals surface area contributed by atoms with Crippen LogP contribution in [0.3, 0.4) is 0 Å². The summed E-state index contributed by atoms with van der Waals surface area (Å²) in [5, 5.41) is 11.6. The number of hydrogen-bond acceptors (Lipinski definition) is 2. The average Bonchev–Trinajstić information content (AvgIpc) is 2.39. The summed E-state index contributed by atoms with van der Waals surface area (Å²) in [6.07, 6.45) is 0. The van der Waals surface area contributed by atoms with Crippen LogP contribution < -0.4 is 5.32 Å². The maximum absolute atomic E-state index is 13.4. The first-order valence-corrected chi connectivity index (χ1v) is 5.76. The van der Waals surface area contributed by atoms with Crippen molar-refractivity contribution in [3.05, 3.63) is 64.4 Å². The van der Waals surface area contributed by atoms with E-state index in [0.29, 0.717) is 0 Å². The Balaban J connectivity index is 2.33. The number of rotatable bonds is 2. The number of nitrogens with one attached hydrogen (secondary N) is 1. The van der Waals surface area contributed by atoms with Gasteiger partial charge in [-0.05, 0) is 24.3 Å². The van der Waals surface area contributed by atoms with Gasteiger partial charge in [-0.1, -0.05) is 29.8 Å². The van der Waals surface area contributed by atoms with Gasteiger partial charge in [-0.15, -0.1) is 0 Å². The van der Waals surface area contributed by atoms with Gasteiger partial charge < -0.3 is 5.32 Å². The molecular formula is C14H8ClFN2O. The van der Waals surface area contributed by atoms with E-state index in [0.717, 1.165) is 6.07 Å². The van der Waals surface area contributed by atoms with Gasteiger partial charge in [0.05, 0.1) is 16.3 Å². The largest absolute Gasteiger partial charge is 0.321 e. The highest BCUT2D eigenvalue weighted by Crippen LogP contribution is 2.21. The van der Waals surface area contributed by atoms with Gasteiger partial charge in [0, 0.05) is 0 Å². The molecule has 0 fully saturated rings. The van der Waals surface area contributed by atoms with Gasteiger partial charge in [-0.3, -0.25) is 4.79 Å². The Labute approximate surface area is 114 Å². The predicted molar refractivity (Wildman–Crippen MR) is 70.5 cm³/mol. The minimum Gasteiger partial charge on any atom is -0.321 e. The maximum atomic E-state index is 13.4. The van der Waals surface area contributed by atoms with Crippen LogP contribution in [-0.4, -0.2) is 5.91 Å². The van der Waals surface area contributed by atoms with Crippen LogP contribution in [0.1, 0.15) is 15.9 Å². The van der Waals surface area contributed by atoms with E-state index in [1.807, 2.05) is 0 Å². The lowest BCUT2D eigenvalue weighted by molar-refractivity contribution is 0.102. The Kier molecular flexibility index (Phi) is 3.79. The zero-order valence-corrected chi connectivity index (χ0v) is 10.4. The van der Waals surface area contributed by atoms with Crippen molar-refractivity contribution < 1.29 is 9.18 Å². The number of halogens is 2. The normalized spacial score (nSPS) is 9.74. The summed E-state index contributed by atoms with van der Waals surface area (Å²) in [4.78, 5) is 12.0. The Morgan fingerprint density at radius 3 is 2.63 bits per heavy atom. The molecule has 19 heavy (non-hydrogen) atoms. The zero-order chi connectivity index (χ0) is 13.8. The first-order chi connectivity index (χ1) is 9.13. The van der Waals surface area contributed by atoms with Crippen LogP contribution in [0.25, 0.3) is 0 Å². The average molecular weight is 275 g/mol. The number of carbonyl (C=O) groups is 1. The van der Waals surface area contributed by atoms with Gasteiger partial charge in [0.15, 0.2) is 0 Å². The lowest BCUT2D eigenvalue weighted by Crippen LogP contribution is -2.13. The second-order valence-corrected chi connectivity index (χ2v) is 4.12. The van der Waals surface area contributed by atoms with Crippen LogP contribution in [0.2, 0.25) is 5.02 Å². The van der Waals surface area contributed by atoms with E-state index in [1.165, 1.54) is 12.1 Å². The molecular weight excluding hydrogens is 267 g/mol. The Bertz CT molecular complexity index is 679. The topological polar surface area (TPSA) is 52.9 Å². The third kappa shape index (κ3) is 2.72. The summed E-state index contributed by atoms with van der Waals surface area (Å²) in [5.41, 5.74) is 0.174. The lowest BCUT2D eigenvalue weighted by Gasteiger charge is -2.08. The van der Waals surface area contributed by atoms with Gasteiger partial charge in [0.25, 0.3) is 5.91 Å². The minimum absolute atomic E-state index is 0.118. The van der Waals surface area contributed by atoms with Crippen molar-refractivity contribution in [3.63, 3.8) is 0 Å². The Morgan fingerprint density at radius 2 is 1.95 bits per heavy atom. The summed E-state index contributed by atoms with van der Waals surface area (Å²) in [6, 6.07) is 12.2. The number of carbonyl (C=O) groups excluding carboxylic acids is 1. The molecule has 3 nitrogen and oxygen atoms in total. The van der Waals surface area contributed by atoms with E-state index in [2.05, 4.69) is 5.32 Å². The molecule has 0 heterocycles. The minimum atomic E-state index is -0.681. The van der Waals surface area contributed by atoms with Crippen molar-refractivity contribution in [1.82, 2.24) is 0 Å². The molecule has 0 saturated carbocycles. The molecule has 5 heteroatoms. The lowest BCUT2D eigenvalue weighted by atomic mass is 10.1. The maximum Gasteiger partial charge on any atom is 0.257 e. The molecule has 1 amide bonds. The van der Waals surface area contributed by atoms with E-state index < -0.39 is 11.7 Å².